The third-order valence-electron chi connectivity index (χ3n) is 3.55. The standard InChI is InChI=1S/C17H23N3O2/c1-4-14-11-16(20(2)19-14)17(21)18-15(12-22-3)10-13-8-6-5-7-9-13/h5-9,11,15H,4,10,12H2,1-3H3,(H,18,21). The number of hydrogen-bond acceptors (Lipinski definition) is 3. The molecular weight excluding hydrogens is 278 g/mol. The Kier molecular flexibility index (Phi) is 5.72. The summed E-state index contributed by atoms with van der Waals surface area (Å²) < 4.78 is 6.86. The van der Waals surface area contributed by atoms with Gasteiger partial charge in [-0.25, -0.2) is 0 Å². The molecule has 5 nitrogen and oxygen atoms in total. The maximum absolute atomic E-state index is 12.4. The fraction of sp³-hybridized carbons (Fsp3) is 0.412. The number of nitrogens with zero attached hydrogens (tertiary/aromatic N) is 2. The van der Waals surface area contributed by atoms with Crippen LogP contribution >= 0.6 is 0 Å². The Hall–Kier alpha value is -2.14. The van der Waals surface area contributed by atoms with Gasteiger partial charge in [-0.1, -0.05) is 37.3 Å². The molecule has 22 heavy (non-hydrogen) atoms. The van der Waals surface area contributed by atoms with E-state index in [0.29, 0.717) is 12.3 Å². The average molecular weight is 301 g/mol. The van der Waals surface area contributed by atoms with Gasteiger partial charge in [0.25, 0.3) is 5.91 Å². The molecule has 5 heteroatoms. The van der Waals surface area contributed by atoms with Crippen molar-refractivity contribution in [1.82, 2.24) is 15.1 Å². The summed E-state index contributed by atoms with van der Waals surface area (Å²) in [6.45, 7) is 2.49. The van der Waals surface area contributed by atoms with Crippen molar-refractivity contribution in [3.8, 4) is 0 Å². The van der Waals surface area contributed by atoms with E-state index in [1.807, 2.05) is 43.3 Å². The first-order valence-electron chi connectivity index (χ1n) is 7.50. The first-order valence-corrected chi connectivity index (χ1v) is 7.50. The van der Waals surface area contributed by atoms with E-state index >= 15 is 0 Å². The van der Waals surface area contributed by atoms with E-state index in [1.54, 1.807) is 18.8 Å². The highest BCUT2D eigenvalue weighted by molar-refractivity contribution is 5.92. The van der Waals surface area contributed by atoms with Gasteiger partial charge in [-0.3, -0.25) is 9.48 Å². The van der Waals surface area contributed by atoms with Crippen molar-refractivity contribution in [2.75, 3.05) is 13.7 Å². The number of aryl methyl sites for hydroxylation is 2. The Morgan fingerprint density at radius 1 is 1.36 bits per heavy atom. The fourth-order valence-corrected chi connectivity index (χ4v) is 2.42. The minimum atomic E-state index is -0.118. The summed E-state index contributed by atoms with van der Waals surface area (Å²) in [5.74, 6) is -0.118. The van der Waals surface area contributed by atoms with E-state index in [4.69, 9.17) is 4.74 Å². The molecule has 0 saturated carbocycles. The van der Waals surface area contributed by atoms with E-state index in [-0.39, 0.29) is 11.9 Å². The number of hydrogen-bond donors (Lipinski definition) is 1. The normalized spacial score (nSPS) is 12.1. The van der Waals surface area contributed by atoms with Gasteiger partial charge in [0, 0.05) is 14.2 Å². The first-order chi connectivity index (χ1) is 10.6. The monoisotopic (exact) mass is 301 g/mol. The van der Waals surface area contributed by atoms with E-state index in [1.165, 1.54) is 5.56 Å². The lowest BCUT2D eigenvalue weighted by molar-refractivity contribution is 0.0887. The van der Waals surface area contributed by atoms with Crippen LogP contribution in [-0.4, -0.2) is 35.4 Å². The molecule has 0 spiro atoms. The minimum absolute atomic E-state index is 0.0696. The predicted octanol–water partition coefficient (Wildman–Crippen LogP) is 1.97. The Morgan fingerprint density at radius 3 is 2.68 bits per heavy atom. The molecule has 1 N–H and O–H groups in total. The average Bonchev–Trinajstić information content (AvgIpc) is 2.90. The van der Waals surface area contributed by atoms with Crippen LogP contribution in [0.1, 0.15) is 28.7 Å². The van der Waals surface area contributed by atoms with Gasteiger partial charge in [0.05, 0.1) is 18.3 Å². The van der Waals surface area contributed by atoms with E-state index in [2.05, 4.69) is 10.4 Å². The van der Waals surface area contributed by atoms with Crippen molar-refractivity contribution in [2.24, 2.45) is 7.05 Å². The third kappa shape index (κ3) is 4.18. The highest BCUT2D eigenvalue weighted by atomic mass is 16.5. The molecule has 1 atom stereocenters. The molecule has 0 aliphatic rings. The van der Waals surface area contributed by atoms with E-state index in [0.717, 1.165) is 18.5 Å². The van der Waals surface area contributed by atoms with Crippen LogP contribution in [0.15, 0.2) is 36.4 Å². The Bertz CT molecular complexity index is 608. The second-order valence-corrected chi connectivity index (χ2v) is 5.31. The lowest BCUT2D eigenvalue weighted by Gasteiger charge is -2.18. The van der Waals surface area contributed by atoms with Crippen LogP contribution < -0.4 is 5.32 Å². The van der Waals surface area contributed by atoms with E-state index < -0.39 is 0 Å². The van der Waals surface area contributed by atoms with Crippen LogP contribution in [0.3, 0.4) is 0 Å². The summed E-state index contributed by atoms with van der Waals surface area (Å²) >= 11 is 0. The SMILES string of the molecule is CCc1cc(C(=O)NC(COC)Cc2ccccc2)n(C)n1. The molecule has 0 aliphatic heterocycles. The van der Waals surface area contributed by atoms with E-state index in [9.17, 15) is 4.79 Å². The van der Waals surface area contributed by atoms with Crippen LogP contribution in [-0.2, 0) is 24.6 Å². The Balaban J connectivity index is 2.06. The highest BCUT2D eigenvalue weighted by Gasteiger charge is 2.17. The zero-order valence-corrected chi connectivity index (χ0v) is 13.4. The van der Waals surface area contributed by atoms with Gasteiger partial charge in [-0.2, -0.15) is 5.10 Å². The molecule has 2 rings (SSSR count). The molecule has 118 valence electrons. The van der Waals surface area contributed by atoms with Gasteiger partial charge in [0.2, 0.25) is 0 Å². The zero-order chi connectivity index (χ0) is 15.9. The molecular formula is C17H23N3O2. The lowest BCUT2D eigenvalue weighted by Crippen LogP contribution is -2.40. The van der Waals surface area contributed by atoms with Gasteiger partial charge in [0.1, 0.15) is 5.69 Å². The van der Waals surface area contributed by atoms with Crippen molar-refractivity contribution >= 4 is 5.91 Å². The molecule has 0 saturated heterocycles. The summed E-state index contributed by atoms with van der Waals surface area (Å²) in [7, 11) is 3.43. The molecule has 1 heterocycles. The topological polar surface area (TPSA) is 56.1 Å². The highest BCUT2D eigenvalue weighted by Crippen LogP contribution is 2.07. The predicted molar refractivity (Wildman–Crippen MR) is 85.9 cm³/mol. The number of nitrogens with one attached hydrogen (secondary N) is 1. The number of aromatic nitrogens is 2. The summed E-state index contributed by atoms with van der Waals surface area (Å²) in [6.07, 6.45) is 1.55. The summed E-state index contributed by atoms with van der Waals surface area (Å²) in [4.78, 5) is 12.4. The van der Waals surface area contributed by atoms with Crippen molar-refractivity contribution in [2.45, 2.75) is 25.8 Å². The number of methoxy groups -OCH3 is 1. The quantitative estimate of drug-likeness (QED) is 0.850. The van der Waals surface area contributed by atoms with Crippen LogP contribution in [0.25, 0.3) is 0 Å². The first kappa shape index (κ1) is 16.2. The molecule has 0 bridgehead atoms. The second kappa shape index (κ2) is 7.75. The second-order valence-electron chi connectivity index (χ2n) is 5.31. The molecule has 2 aromatic rings. The van der Waals surface area contributed by atoms with Crippen LogP contribution in [0.5, 0.6) is 0 Å². The largest absolute Gasteiger partial charge is 0.383 e. The number of carbonyl (C=O) groups is 1. The van der Waals surface area contributed by atoms with Crippen molar-refractivity contribution < 1.29 is 9.53 Å². The Morgan fingerprint density at radius 2 is 2.09 bits per heavy atom. The van der Waals surface area contributed by atoms with Crippen LogP contribution in [0.2, 0.25) is 0 Å². The number of amides is 1. The van der Waals surface area contributed by atoms with Crippen LogP contribution in [0.4, 0.5) is 0 Å². The van der Waals surface area contributed by atoms with Gasteiger partial charge in [-0.15, -0.1) is 0 Å². The molecule has 1 aromatic heterocycles. The maximum atomic E-state index is 12.4. The van der Waals surface area contributed by atoms with Gasteiger partial charge in [-0.05, 0) is 24.5 Å². The molecule has 1 amide bonds. The molecule has 0 aliphatic carbocycles. The smallest absolute Gasteiger partial charge is 0.269 e. The number of carbonyl (C=O) groups excluding carboxylic acids is 1. The summed E-state index contributed by atoms with van der Waals surface area (Å²) in [5.41, 5.74) is 2.66. The summed E-state index contributed by atoms with van der Waals surface area (Å²) in [6, 6.07) is 11.8. The zero-order valence-electron chi connectivity index (χ0n) is 13.4. The molecule has 1 unspecified atom stereocenters. The Labute approximate surface area is 131 Å². The summed E-state index contributed by atoms with van der Waals surface area (Å²) in [5, 5.41) is 7.35. The van der Waals surface area contributed by atoms with Crippen molar-refractivity contribution in [3.63, 3.8) is 0 Å². The molecule has 0 fully saturated rings. The number of rotatable bonds is 7. The van der Waals surface area contributed by atoms with Crippen molar-refractivity contribution in [1.29, 1.82) is 0 Å². The lowest BCUT2D eigenvalue weighted by atomic mass is 10.1. The maximum Gasteiger partial charge on any atom is 0.269 e. The minimum Gasteiger partial charge on any atom is -0.383 e. The van der Waals surface area contributed by atoms with Gasteiger partial charge < -0.3 is 10.1 Å². The number of benzene rings is 1. The third-order valence-corrected chi connectivity index (χ3v) is 3.55. The van der Waals surface area contributed by atoms with Crippen LogP contribution in [0, 0.1) is 0 Å². The van der Waals surface area contributed by atoms with Gasteiger partial charge >= 0.3 is 0 Å². The van der Waals surface area contributed by atoms with Crippen molar-refractivity contribution in [3.05, 3.63) is 53.3 Å². The molecule has 1 aromatic carbocycles. The van der Waals surface area contributed by atoms with Gasteiger partial charge in [0.15, 0.2) is 0 Å². The number of ether oxygens (including phenoxy) is 1. The molecule has 0 radical (unpaired) electrons. The fourth-order valence-electron chi connectivity index (χ4n) is 2.42.